The van der Waals surface area contributed by atoms with Crippen LogP contribution in [0.25, 0.3) is 17.5 Å². The lowest BCUT2D eigenvalue weighted by Crippen LogP contribution is -2.14. The number of nitrogens with one attached hydrogen (secondary N) is 1. The standard InChI is InChI=1S/C25H20ClN5O3/c1-17-9-12-19(13-10-17)24-28-25(27-16-20-6-2-3-8-22(20)26)30(29-24)23(32)14-11-18-5-4-7-21(15-18)31(33)34/h2-15H,16H2,1H3,(H,27,28,29). The van der Waals surface area contributed by atoms with Gasteiger partial charge in [0.25, 0.3) is 11.6 Å². The van der Waals surface area contributed by atoms with Gasteiger partial charge in [0.05, 0.1) is 4.92 Å². The molecule has 4 aromatic rings. The number of carbonyl (C=O) groups is 1. The molecule has 4 rings (SSSR count). The van der Waals surface area contributed by atoms with Gasteiger partial charge in [-0.3, -0.25) is 14.9 Å². The summed E-state index contributed by atoms with van der Waals surface area (Å²) >= 11 is 6.25. The summed E-state index contributed by atoms with van der Waals surface area (Å²) in [6.07, 6.45) is 2.80. The van der Waals surface area contributed by atoms with Gasteiger partial charge in [0, 0.05) is 35.3 Å². The van der Waals surface area contributed by atoms with Crippen LogP contribution in [-0.2, 0) is 6.54 Å². The molecule has 0 saturated carbocycles. The van der Waals surface area contributed by atoms with Gasteiger partial charge in [-0.1, -0.05) is 71.8 Å². The fourth-order valence-electron chi connectivity index (χ4n) is 3.20. The maximum atomic E-state index is 13.0. The van der Waals surface area contributed by atoms with Crippen molar-refractivity contribution < 1.29 is 9.72 Å². The molecule has 0 unspecified atom stereocenters. The summed E-state index contributed by atoms with van der Waals surface area (Å²) in [5.74, 6) is 0.182. The molecular weight excluding hydrogens is 454 g/mol. The van der Waals surface area contributed by atoms with Crippen LogP contribution in [0.2, 0.25) is 5.02 Å². The third-order valence-electron chi connectivity index (χ3n) is 5.02. The van der Waals surface area contributed by atoms with E-state index in [0.29, 0.717) is 23.0 Å². The lowest BCUT2D eigenvalue weighted by molar-refractivity contribution is -0.384. The Morgan fingerprint density at radius 3 is 2.62 bits per heavy atom. The smallest absolute Gasteiger partial charge is 0.274 e. The molecule has 0 saturated heterocycles. The molecule has 0 aliphatic rings. The number of benzene rings is 3. The molecule has 3 aromatic carbocycles. The summed E-state index contributed by atoms with van der Waals surface area (Å²) in [5, 5.41) is 19.1. The minimum absolute atomic E-state index is 0.0564. The first kappa shape index (κ1) is 22.9. The molecule has 0 aliphatic carbocycles. The predicted octanol–water partition coefficient (Wildman–Crippen LogP) is 5.78. The minimum atomic E-state index is -0.485. The number of nitro groups is 1. The minimum Gasteiger partial charge on any atom is -0.350 e. The van der Waals surface area contributed by atoms with E-state index >= 15 is 0 Å². The molecule has 9 heteroatoms. The van der Waals surface area contributed by atoms with Gasteiger partial charge in [-0.2, -0.15) is 9.67 Å². The molecule has 0 aliphatic heterocycles. The SMILES string of the molecule is Cc1ccc(-c2nc(NCc3ccccc3Cl)n(C(=O)C=Cc3cccc([N+](=O)[O-])c3)n2)cc1. The second-order valence-corrected chi connectivity index (χ2v) is 7.91. The number of non-ortho nitro benzene ring substituents is 1. The third-order valence-corrected chi connectivity index (χ3v) is 5.39. The Bertz CT molecular complexity index is 1380. The van der Waals surface area contributed by atoms with Gasteiger partial charge >= 0.3 is 0 Å². The van der Waals surface area contributed by atoms with Crippen LogP contribution in [0.15, 0.2) is 78.9 Å². The van der Waals surface area contributed by atoms with E-state index < -0.39 is 10.8 Å². The van der Waals surface area contributed by atoms with Crippen molar-refractivity contribution in [2.75, 3.05) is 5.32 Å². The monoisotopic (exact) mass is 473 g/mol. The maximum Gasteiger partial charge on any atom is 0.274 e. The molecular formula is C25H20ClN5O3. The first-order chi connectivity index (χ1) is 16.4. The molecule has 0 radical (unpaired) electrons. The van der Waals surface area contributed by atoms with E-state index in [1.807, 2.05) is 49.4 Å². The lowest BCUT2D eigenvalue weighted by Gasteiger charge is -2.07. The van der Waals surface area contributed by atoms with E-state index in [0.717, 1.165) is 16.7 Å². The van der Waals surface area contributed by atoms with Crippen LogP contribution in [0.4, 0.5) is 11.6 Å². The van der Waals surface area contributed by atoms with Crippen LogP contribution in [0.5, 0.6) is 0 Å². The van der Waals surface area contributed by atoms with Gasteiger partial charge in [0.2, 0.25) is 5.95 Å². The molecule has 0 bridgehead atoms. The van der Waals surface area contributed by atoms with Gasteiger partial charge in [-0.05, 0) is 30.2 Å². The molecule has 1 N–H and O–H groups in total. The van der Waals surface area contributed by atoms with Crippen molar-refractivity contribution in [3.05, 3.63) is 111 Å². The Labute approximate surface area is 200 Å². The highest BCUT2D eigenvalue weighted by Gasteiger charge is 2.16. The lowest BCUT2D eigenvalue weighted by atomic mass is 10.1. The zero-order chi connectivity index (χ0) is 24.1. The Hall–Kier alpha value is -4.30. The highest BCUT2D eigenvalue weighted by Crippen LogP contribution is 2.21. The molecule has 1 heterocycles. The maximum absolute atomic E-state index is 13.0. The predicted molar refractivity (Wildman–Crippen MR) is 132 cm³/mol. The van der Waals surface area contributed by atoms with Crippen molar-refractivity contribution in [2.24, 2.45) is 0 Å². The summed E-state index contributed by atoms with van der Waals surface area (Å²) in [7, 11) is 0. The number of anilines is 1. The van der Waals surface area contributed by atoms with Crippen LogP contribution in [0.1, 0.15) is 21.5 Å². The van der Waals surface area contributed by atoms with Crippen LogP contribution < -0.4 is 5.32 Å². The molecule has 0 amide bonds. The van der Waals surface area contributed by atoms with Crippen molar-refractivity contribution >= 4 is 35.2 Å². The first-order valence-corrected chi connectivity index (χ1v) is 10.8. The Morgan fingerprint density at radius 2 is 1.88 bits per heavy atom. The van der Waals surface area contributed by atoms with Crippen LogP contribution in [0.3, 0.4) is 0 Å². The normalized spacial score (nSPS) is 11.0. The van der Waals surface area contributed by atoms with Crippen molar-refractivity contribution in [3.8, 4) is 11.4 Å². The highest BCUT2D eigenvalue weighted by atomic mass is 35.5. The van der Waals surface area contributed by atoms with Crippen molar-refractivity contribution in [1.29, 1.82) is 0 Å². The summed E-state index contributed by atoms with van der Waals surface area (Å²) < 4.78 is 1.17. The number of nitro benzene ring substituents is 1. The number of hydrogen-bond donors (Lipinski definition) is 1. The van der Waals surface area contributed by atoms with Gasteiger partial charge in [0.15, 0.2) is 5.82 Å². The fraction of sp³-hybridized carbons (Fsp3) is 0.0800. The van der Waals surface area contributed by atoms with Gasteiger partial charge in [-0.15, -0.1) is 5.10 Å². The molecule has 34 heavy (non-hydrogen) atoms. The molecule has 0 spiro atoms. The summed E-state index contributed by atoms with van der Waals surface area (Å²) in [6, 6.07) is 21.0. The number of rotatable bonds is 7. The van der Waals surface area contributed by atoms with Gasteiger partial charge in [0.1, 0.15) is 0 Å². The number of allylic oxidation sites excluding steroid dienone is 1. The zero-order valence-corrected chi connectivity index (χ0v) is 18.9. The molecule has 8 nitrogen and oxygen atoms in total. The number of hydrogen-bond acceptors (Lipinski definition) is 6. The highest BCUT2D eigenvalue weighted by molar-refractivity contribution is 6.31. The topological polar surface area (TPSA) is 103 Å². The molecule has 1 aromatic heterocycles. The Morgan fingerprint density at radius 1 is 1.12 bits per heavy atom. The van der Waals surface area contributed by atoms with E-state index in [9.17, 15) is 14.9 Å². The zero-order valence-electron chi connectivity index (χ0n) is 18.2. The number of halogens is 1. The first-order valence-electron chi connectivity index (χ1n) is 10.4. The van der Waals surface area contributed by atoms with Crippen molar-refractivity contribution in [3.63, 3.8) is 0 Å². The van der Waals surface area contributed by atoms with Gasteiger partial charge < -0.3 is 5.32 Å². The summed E-state index contributed by atoms with van der Waals surface area (Å²) in [5.41, 5.74) is 3.16. The summed E-state index contributed by atoms with van der Waals surface area (Å²) in [4.78, 5) is 28.0. The van der Waals surface area contributed by atoms with Crippen LogP contribution in [0, 0.1) is 17.0 Å². The Kier molecular flexibility index (Phi) is 6.79. The van der Waals surface area contributed by atoms with Crippen molar-refractivity contribution in [2.45, 2.75) is 13.5 Å². The second-order valence-electron chi connectivity index (χ2n) is 7.51. The molecule has 170 valence electrons. The van der Waals surface area contributed by atoms with E-state index in [2.05, 4.69) is 15.4 Å². The number of aromatic nitrogens is 3. The van der Waals surface area contributed by atoms with E-state index in [-0.39, 0.29) is 11.6 Å². The number of carbonyl (C=O) groups excluding carboxylic acids is 1. The number of nitrogens with zero attached hydrogens (tertiary/aromatic N) is 4. The number of aryl methyl sites for hydroxylation is 1. The average Bonchev–Trinajstić information content (AvgIpc) is 3.27. The average molecular weight is 474 g/mol. The Balaban J connectivity index is 1.64. The summed E-state index contributed by atoms with van der Waals surface area (Å²) in [6.45, 7) is 2.32. The largest absolute Gasteiger partial charge is 0.350 e. The fourth-order valence-corrected chi connectivity index (χ4v) is 3.40. The van der Waals surface area contributed by atoms with E-state index in [4.69, 9.17) is 11.6 Å². The van der Waals surface area contributed by atoms with E-state index in [1.165, 1.54) is 29.0 Å². The third kappa shape index (κ3) is 5.36. The second kappa shape index (κ2) is 10.1. The quantitative estimate of drug-likeness (QED) is 0.207. The van der Waals surface area contributed by atoms with Gasteiger partial charge in [-0.25, -0.2) is 0 Å². The van der Waals surface area contributed by atoms with Crippen molar-refractivity contribution in [1.82, 2.24) is 14.8 Å². The van der Waals surface area contributed by atoms with Crippen LogP contribution >= 0.6 is 11.6 Å². The van der Waals surface area contributed by atoms with E-state index in [1.54, 1.807) is 18.2 Å². The molecule has 0 fully saturated rings. The van der Waals surface area contributed by atoms with Crippen LogP contribution in [-0.4, -0.2) is 25.6 Å². The molecule has 0 atom stereocenters.